The second-order valence-electron chi connectivity index (χ2n) is 6.33. The van der Waals surface area contributed by atoms with Gasteiger partial charge >= 0.3 is 21.8 Å². The molecule has 0 unspecified atom stereocenters. The van der Waals surface area contributed by atoms with Crippen LogP contribution in [0.15, 0.2) is 42.7 Å². The number of allylic oxidation sites excluding steroid dienone is 1. The van der Waals surface area contributed by atoms with Gasteiger partial charge in [-0.05, 0) is 54.7 Å². The van der Waals surface area contributed by atoms with Gasteiger partial charge in [0.25, 0.3) is 0 Å². The highest BCUT2D eigenvalue weighted by Crippen LogP contribution is 2.41. The third kappa shape index (κ3) is 4.07. The van der Waals surface area contributed by atoms with Gasteiger partial charge in [-0.25, -0.2) is 8.78 Å². The van der Waals surface area contributed by atoms with Gasteiger partial charge < -0.3 is 8.92 Å². The highest BCUT2D eigenvalue weighted by molar-refractivity contribution is 7.88. The van der Waals surface area contributed by atoms with Crippen LogP contribution in [0.5, 0.6) is 5.75 Å². The maximum atomic E-state index is 13.7. The average molecular weight is 431 g/mol. The number of aromatic nitrogens is 1. The fourth-order valence-electron chi connectivity index (χ4n) is 3.04. The van der Waals surface area contributed by atoms with E-state index in [1.807, 2.05) is 0 Å². The third-order valence-electron chi connectivity index (χ3n) is 4.49. The Kier molecular flexibility index (Phi) is 5.83. The van der Waals surface area contributed by atoms with Crippen LogP contribution in [0.4, 0.5) is 17.6 Å². The monoisotopic (exact) mass is 431 g/mol. The lowest BCUT2D eigenvalue weighted by atomic mass is 10.00. The van der Waals surface area contributed by atoms with Crippen LogP contribution in [0.25, 0.3) is 11.3 Å². The standard InChI is InChI=1S/C19H17F4NO4S/c1-27-14-7-8-16-12(10-14)4-2-6-15(13-5-3-9-24-11-13)17(16)28-29(25,26)19(22,23)18(20)21/h3,5,7-11,18H,2,4,6H2,1H3. The van der Waals surface area contributed by atoms with E-state index >= 15 is 0 Å². The van der Waals surface area contributed by atoms with Gasteiger partial charge in [-0.2, -0.15) is 17.2 Å². The van der Waals surface area contributed by atoms with Gasteiger partial charge in [-0.1, -0.05) is 6.07 Å². The van der Waals surface area contributed by atoms with E-state index in [-0.39, 0.29) is 17.6 Å². The van der Waals surface area contributed by atoms with Crippen LogP contribution in [0, 0.1) is 0 Å². The van der Waals surface area contributed by atoms with Crippen LogP contribution < -0.4 is 4.74 Å². The predicted molar refractivity (Wildman–Crippen MR) is 97.9 cm³/mol. The summed E-state index contributed by atoms with van der Waals surface area (Å²) >= 11 is 0. The molecule has 0 radical (unpaired) electrons. The van der Waals surface area contributed by atoms with Gasteiger partial charge in [0.05, 0.1) is 7.11 Å². The molecule has 156 valence electrons. The summed E-state index contributed by atoms with van der Waals surface area (Å²) in [5.74, 6) is 0.0715. The molecule has 0 saturated heterocycles. The van der Waals surface area contributed by atoms with Crippen molar-refractivity contribution in [3.63, 3.8) is 0 Å². The van der Waals surface area contributed by atoms with Crippen LogP contribution in [-0.4, -0.2) is 32.2 Å². The van der Waals surface area contributed by atoms with E-state index in [1.54, 1.807) is 18.2 Å². The molecular formula is C19H17F4NO4S. The topological polar surface area (TPSA) is 65.5 Å². The van der Waals surface area contributed by atoms with E-state index < -0.39 is 27.6 Å². The van der Waals surface area contributed by atoms with Gasteiger partial charge in [0.15, 0.2) is 5.76 Å². The summed E-state index contributed by atoms with van der Waals surface area (Å²) in [6.45, 7) is 0. The van der Waals surface area contributed by atoms with Crippen molar-refractivity contribution in [1.82, 2.24) is 4.98 Å². The average Bonchev–Trinajstić information content (AvgIpc) is 2.87. The fourth-order valence-corrected chi connectivity index (χ4v) is 3.78. The molecule has 1 aliphatic carbocycles. The molecule has 29 heavy (non-hydrogen) atoms. The number of benzene rings is 1. The SMILES string of the molecule is COc1ccc2c(c1)CCCC(c1cccnc1)=C2OS(=O)(=O)C(F)(F)C(F)F. The summed E-state index contributed by atoms with van der Waals surface area (Å²) in [6, 6.07) is 7.79. The third-order valence-corrected chi connectivity index (χ3v) is 5.73. The Labute approximate surface area is 165 Å². The quantitative estimate of drug-likeness (QED) is 0.498. The number of nitrogens with zero attached hydrogens (tertiary/aromatic N) is 1. The van der Waals surface area contributed by atoms with E-state index in [0.29, 0.717) is 29.7 Å². The number of aryl methyl sites for hydroxylation is 1. The van der Waals surface area contributed by atoms with Crippen LogP contribution in [-0.2, 0) is 20.7 Å². The lowest BCUT2D eigenvalue weighted by Gasteiger charge is -2.20. The zero-order valence-electron chi connectivity index (χ0n) is 15.2. The van der Waals surface area contributed by atoms with Crippen LogP contribution in [0.1, 0.15) is 29.5 Å². The largest absolute Gasteiger partial charge is 0.497 e. The number of fused-ring (bicyclic) bond motifs is 1. The van der Waals surface area contributed by atoms with Crippen LogP contribution >= 0.6 is 0 Å². The van der Waals surface area contributed by atoms with Crippen molar-refractivity contribution in [3.05, 3.63) is 59.4 Å². The van der Waals surface area contributed by atoms with Crippen LogP contribution in [0.3, 0.4) is 0 Å². The minimum absolute atomic E-state index is 0.218. The molecule has 1 heterocycles. The molecule has 1 aliphatic rings. The zero-order valence-corrected chi connectivity index (χ0v) is 16.1. The Morgan fingerprint density at radius 2 is 1.93 bits per heavy atom. The fraction of sp³-hybridized carbons (Fsp3) is 0.316. The van der Waals surface area contributed by atoms with Gasteiger partial charge in [0, 0.05) is 23.5 Å². The summed E-state index contributed by atoms with van der Waals surface area (Å²) in [6.07, 6.45) is -0.228. The maximum absolute atomic E-state index is 13.7. The molecule has 0 saturated carbocycles. The smallest absolute Gasteiger partial charge is 0.439 e. The normalized spacial score (nSPS) is 15.1. The van der Waals surface area contributed by atoms with E-state index in [4.69, 9.17) is 8.92 Å². The van der Waals surface area contributed by atoms with Crippen molar-refractivity contribution in [3.8, 4) is 5.75 Å². The number of methoxy groups -OCH3 is 1. The van der Waals surface area contributed by atoms with Crippen LogP contribution in [0.2, 0.25) is 0 Å². The van der Waals surface area contributed by atoms with E-state index in [9.17, 15) is 26.0 Å². The zero-order chi connectivity index (χ0) is 21.2. The molecular weight excluding hydrogens is 414 g/mol. The highest BCUT2D eigenvalue weighted by Gasteiger charge is 2.57. The van der Waals surface area contributed by atoms with E-state index in [0.717, 1.165) is 0 Å². The first kappa shape index (κ1) is 21.1. The maximum Gasteiger partial charge on any atom is 0.439 e. The number of pyridine rings is 1. The van der Waals surface area contributed by atoms with Crippen molar-refractivity contribution in [2.45, 2.75) is 30.9 Å². The molecule has 5 nitrogen and oxygen atoms in total. The predicted octanol–water partition coefficient (Wildman–Crippen LogP) is 4.50. The van der Waals surface area contributed by atoms with Crippen molar-refractivity contribution in [1.29, 1.82) is 0 Å². The van der Waals surface area contributed by atoms with Crippen molar-refractivity contribution >= 4 is 21.5 Å². The molecule has 2 aromatic rings. The first-order chi connectivity index (χ1) is 13.7. The van der Waals surface area contributed by atoms with Crippen molar-refractivity contribution in [2.24, 2.45) is 0 Å². The summed E-state index contributed by atoms with van der Waals surface area (Å²) in [4.78, 5) is 3.95. The van der Waals surface area contributed by atoms with Gasteiger partial charge in [0.1, 0.15) is 5.75 Å². The molecule has 1 aromatic carbocycles. The summed E-state index contributed by atoms with van der Waals surface area (Å²) in [5.41, 5.74) is 1.54. The minimum Gasteiger partial charge on any atom is -0.497 e. The summed E-state index contributed by atoms with van der Waals surface area (Å²) < 4.78 is 86.8. The number of hydrogen-bond donors (Lipinski definition) is 0. The Balaban J connectivity index is 2.22. The summed E-state index contributed by atoms with van der Waals surface area (Å²) in [5, 5.41) is -5.36. The Morgan fingerprint density at radius 3 is 2.55 bits per heavy atom. The molecule has 1 aromatic heterocycles. The van der Waals surface area contributed by atoms with Crippen molar-refractivity contribution < 1.29 is 34.9 Å². The molecule has 0 N–H and O–H groups in total. The lowest BCUT2D eigenvalue weighted by molar-refractivity contribution is -0.0686. The molecule has 0 amide bonds. The molecule has 3 rings (SSSR count). The van der Waals surface area contributed by atoms with Crippen molar-refractivity contribution in [2.75, 3.05) is 7.11 Å². The number of hydrogen-bond acceptors (Lipinski definition) is 5. The molecule has 0 atom stereocenters. The highest BCUT2D eigenvalue weighted by atomic mass is 32.2. The van der Waals surface area contributed by atoms with E-state index in [1.165, 1.54) is 31.6 Å². The Bertz CT molecular complexity index is 1020. The molecule has 0 bridgehead atoms. The lowest BCUT2D eigenvalue weighted by Crippen LogP contribution is -2.37. The van der Waals surface area contributed by atoms with Gasteiger partial charge in [-0.15, -0.1) is 0 Å². The Hall–Kier alpha value is -2.62. The summed E-state index contributed by atoms with van der Waals surface area (Å²) in [7, 11) is -4.52. The Morgan fingerprint density at radius 1 is 1.17 bits per heavy atom. The first-order valence-electron chi connectivity index (χ1n) is 8.58. The molecule has 0 aliphatic heterocycles. The van der Waals surface area contributed by atoms with Gasteiger partial charge in [-0.3, -0.25) is 4.98 Å². The molecule has 10 heteroatoms. The molecule has 0 spiro atoms. The number of ether oxygens (including phenoxy) is 1. The second-order valence-corrected chi connectivity index (χ2v) is 7.95. The van der Waals surface area contributed by atoms with Gasteiger partial charge in [0.2, 0.25) is 0 Å². The second kappa shape index (κ2) is 8.02. The number of halogens is 4. The minimum atomic E-state index is -5.97. The first-order valence-corrected chi connectivity index (χ1v) is 9.99. The molecule has 0 fully saturated rings. The van der Waals surface area contributed by atoms with E-state index in [2.05, 4.69) is 4.98 Å². The number of rotatable bonds is 6. The number of alkyl halides is 4.